The molecule has 0 aromatic heterocycles. The first-order valence-corrected chi connectivity index (χ1v) is 7.25. The standard InChI is InChI=1S/C17H18N4O4/c1-23-13-6-4-12(5-7-13)16(22)25-14-8-3-11(9-15(14)24-2)10-20-21-17(18)19/h3-10H,1-2H3,(H4,18,19,21)/p+1/b20-10+. The number of hydrogen-bond acceptors (Lipinski definition) is 5. The lowest BCUT2D eigenvalue weighted by atomic mass is 10.2. The van der Waals surface area contributed by atoms with Gasteiger partial charge in [0.15, 0.2) is 11.5 Å². The van der Waals surface area contributed by atoms with Crippen LogP contribution in [0.1, 0.15) is 15.9 Å². The number of benzene rings is 2. The van der Waals surface area contributed by atoms with E-state index >= 15 is 0 Å². The molecule has 0 spiro atoms. The van der Waals surface area contributed by atoms with E-state index < -0.39 is 5.97 Å². The molecule has 8 nitrogen and oxygen atoms in total. The first-order valence-electron chi connectivity index (χ1n) is 7.25. The zero-order valence-electron chi connectivity index (χ0n) is 13.9. The van der Waals surface area contributed by atoms with Gasteiger partial charge in [0.1, 0.15) is 5.75 Å². The first-order chi connectivity index (χ1) is 12.0. The first kappa shape index (κ1) is 17.8. The van der Waals surface area contributed by atoms with E-state index in [1.165, 1.54) is 7.11 Å². The fourth-order valence-electron chi connectivity index (χ4n) is 1.93. The lowest BCUT2D eigenvalue weighted by molar-refractivity contribution is -0.456. The summed E-state index contributed by atoms with van der Waals surface area (Å²) in [6.45, 7) is 0. The second-order valence-corrected chi connectivity index (χ2v) is 4.84. The molecular weight excluding hydrogens is 324 g/mol. The van der Waals surface area contributed by atoms with E-state index in [1.54, 1.807) is 55.8 Å². The van der Waals surface area contributed by atoms with Crippen LogP contribution in [0.5, 0.6) is 17.2 Å². The van der Waals surface area contributed by atoms with Crippen LogP contribution in [0.3, 0.4) is 0 Å². The molecule has 0 fully saturated rings. The van der Waals surface area contributed by atoms with Crippen LogP contribution in [0.15, 0.2) is 47.6 Å². The number of methoxy groups -OCH3 is 2. The van der Waals surface area contributed by atoms with E-state index in [0.717, 1.165) is 5.56 Å². The molecule has 0 radical (unpaired) electrons. The van der Waals surface area contributed by atoms with Crippen LogP contribution in [-0.2, 0) is 0 Å². The van der Waals surface area contributed by atoms with Crippen LogP contribution in [0.4, 0.5) is 0 Å². The number of carbonyl (C=O) groups is 1. The topological polar surface area (TPSA) is 123 Å². The highest BCUT2D eigenvalue weighted by Gasteiger charge is 2.13. The molecule has 0 unspecified atom stereocenters. The van der Waals surface area contributed by atoms with E-state index in [0.29, 0.717) is 22.8 Å². The molecule has 0 heterocycles. The van der Waals surface area contributed by atoms with E-state index in [9.17, 15) is 4.79 Å². The summed E-state index contributed by atoms with van der Waals surface area (Å²) in [5.41, 5.74) is 11.6. The van der Waals surface area contributed by atoms with Crippen LogP contribution in [-0.4, -0.2) is 32.4 Å². The second kappa shape index (κ2) is 8.34. The minimum Gasteiger partial charge on any atom is -0.497 e. The Morgan fingerprint density at radius 2 is 1.76 bits per heavy atom. The van der Waals surface area contributed by atoms with Crippen molar-refractivity contribution in [2.75, 3.05) is 14.2 Å². The van der Waals surface area contributed by atoms with Crippen LogP contribution >= 0.6 is 0 Å². The predicted molar refractivity (Wildman–Crippen MR) is 92.9 cm³/mol. The number of nitrogens with two attached hydrogens (primary N) is 2. The summed E-state index contributed by atoms with van der Waals surface area (Å²) in [5.74, 6) is 0.747. The second-order valence-electron chi connectivity index (χ2n) is 4.84. The van der Waals surface area contributed by atoms with Crippen molar-refractivity contribution < 1.29 is 24.1 Å². The molecule has 25 heavy (non-hydrogen) atoms. The molecule has 2 aromatic rings. The Labute approximate surface area is 144 Å². The van der Waals surface area contributed by atoms with Gasteiger partial charge in [-0.15, -0.1) is 5.10 Å². The number of esters is 1. The Morgan fingerprint density at radius 3 is 2.36 bits per heavy atom. The molecule has 0 amide bonds. The molecule has 130 valence electrons. The van der Waals surface area contributed by atoms with Gasteiger partial charge in [-0.25, -0.2) is 4.79 Å². The van der Waals surface area contributed by atoms with Crippen molar-refractivity contribution in [1.82, 2.24) is 0 Å². The highest BCUT2D eigenvalue weighted by Crippen LogP contribution is 2.28. The van der Waals surface area contributed by atoms with Crippen LogP contribution in [0, 0.1) is 0 Å². The average molecular weight is 343 g/mol. The van der Waals surface area contributed by atoms with Gasteiger partial charge >= 0.3 is 5.97 Å². The Bertz CT molecular complexity index is 797. The maximum Gasteiger partial charge on any atom is 0.343 e. The maximum atomic E-state index is 12.2. The Morgan fingerprint density at radius 1 is 1.04 bits per heavy atom. The molecular formula is C17H19N4O4+. The van der Waals surface area contributed by atoms with Crippen molar-refractivity contribution >= 4 is 18.1 Å². The molecule has 0 aliphatic heterocycles. The van der Waals surface area contributed by atoms with Crippen molar-refractivity contribution in [2.24, 2.45) is 16.6 Å². The summed E-state index contributed by atoms with van der Waals surface area (Å²) < 4.78 is 15.7. The highest BCUT2D eigenvalue weighted by atomic mass is 16.6. The normalized spacial score (nSPS) is 10.3. The summed E-state index contributed by atoms with van der Waals surface area (Å²) in [6.07, 6.45) is 1.57. The Hall–Kier alpha value is -3.55. The van der Waals surface area contributed by atoms with Crippen molar-refractivity contribution in [3.05, 3.63) is 53.6 Å². The van der Waals surface area contributed by atoms with Crippen LogP contribution in [0.2, 0.25) is 0 Å². The molecule has 0 bridgehead atoms. The number of rotatable bonds is 6. The number of guanidine groups is 1. The average Bonchev–Trinajstić information content (AvgIpc) is 2.62. The van der Waals surface area contributed by atoms with E-state index in [2.05, 4.69) is 10.2 Å². The third-order valence-electron chi connectivity index (χ3n) is 3.14. The minimum atomic E-state index is -0.503. The van der Waals surface area contributed by atoms with Crippen molar-refractivity contribution in [3.8, 4) is 17.2 Å². The van der Waals surface area contributed by atoms with E-state index in [4.69, 9.17) is 25.7 Å². The molecule has 0 aliphatic carbocycles. The number of hydrazone groups is 1. The van der Waals surface area contributed by atoms with Gasteiger partial charge in [-0.2, -0.15) is 0 Å². The van der Waals surface area contributed by atoms with Crippen molar-refractivity contribution in [1.29, 1.82) is 0 Å². The molecule has 0 atom stereocenters. The fraction of sp³-hybridized carbons (Fsp3) is 0.118. The Kier molecular flexibility index (Phi) is 5.94. The summed E-state index contributed by atoms with van der Waals surface area (Å²) in [5, 5.41) is 6.22. The molecule has 2 aromatic carbocycles. The van der Waals surface area contributed by atoms with Crippen LogP contribution < -0.4 is 30.8 Å². The largest absolute Gasteiger partial charge is 0.497 e. The number of nitrogens with one attached hydrogen (secondary N) is 1. The van der Waals surface area contributed by atoms with Gasteiger partial charge in [0.25, 0.3) is 5.96 Å². The summed E-state index contributed by atoms with van der Waals surface area (Å²) >= 11 is 0. The van der Waals surface area contributed by atoms with Gasteiger partial charge in [0.2, 0.25) is 6.21 Å². The molecule has 0 aliphatic rings. The van der Waals surface area contributed by atoms with Crippen molar-refractivity contribution in [3.63, 3.8) is 0 Å². The van der Waals surface area contributed by atoms with Gasteiger partial charge in [-0.3, -0.25) is 0 Å². The van der Waals surface area contributed by atoms with Gasteiger partial charge in [-0.05, 0) is 42.5 Å². The van der Waals surface area contributed by atoms with E-state index in [-0.39, 0.29) is 5.96 Å². The monoisotopic (exact) mass is 343 g/mol. The number of hydrogen-bond donors (Lipinski definition) is 3. The summed E-state index contributed by atoms with van der Waals surface area (Å²) in [6, 6.07) is 11.6. The molecule has 0 saturated carbocycles. The van der Waals surface area contributed by atoms with E-state index in [1.807, 2.05) is 0 Å². The third kappa shape index (κ3) is 4.96. The Balaban J connectivity index is 2.16. The predicted octanol–water partition coefficient (Wildman–Crippen LogP) is -0.389. The lowest BCUT2D eigenvalue weighted by Gasteiger charge is -2.09. The molecule has 5 N–H and O–H groups in total. The fourth-order valence-corrected chi connectivity index (χ4v) is 1.93. The number of carbonyl (C=O) groups excluding carboxylic acids is 1. The molecule has 2 rings (SSSR count). The van der Waals surface area contributed by atoms with Gasteiger partial charge < -0.3 is 25.7 Å². The van der Waals surface area contributed by atoms with Crippen LogP contribution in [0.25, 0.3) is 0 Å². The third-order valence-corrected chi connectivity index (χ3v) is 3.14. The minimum absolute atomic E-state index is 0.0896. The molecule has 8 heteroatoms. The van der Waals surface area contributed by atoms with Crippen molar-refractivity contribution in [2.45, 2.75) is 0 Å². The zero-order chi connectivity index (χ0) is 18.2. The lowest BCUT2D eigenvalue weighted by Crippen LogP contribution is -2.63. The summed E-state index contributed by atoms with van der Waals surface area (Å²) in [4.78, 5) is 12.2. The maximum absolute atomic E-state index is 12.2. The quantitative estimate of drug-likeness (QED) is 0.216. The van der Waals surface area contributed by atoms with Gasteiger partial charge in [0, 0.05) is 10.7 Å². The van der Waals surface area contributed by atoms with Gasteiger partial charge in [0.05, 0.1) is 19.8 Å². The zero-order valence-corrected chi connectivity index (χ0v) is 13.9. The van der Waals surface area contributed by atoms with Gasteiger partial charge in [-0.1, -0.05) is 0 Å². The molecule has 0 saturated heterocycles. The summed E-state index contributed by atoms with van der Waals surface area (Å²) in [7, 11) is 3.03. The number of ether oxygens (including phenoxy) is 3. The number of nitrogens with zero attached hydrogens (tertiary/aromatic N) is 1. The SMILES string of the molecule is COc1ccc(C(=O)Oc2ccc(/C=[NH+]/N=C(N)N)cc2OC)cc1. The highest BCUT2D eigenvalue weighted by molar-refractivity contribution is 5.91. The smallest absolute Gasteiger partial charge is 0.343 e.